The summed E-state index contributed by atoms with van der Waals surface area (Å²) in [5, 5.41) is 27.2. The lowest BCUT2D eigenvalue weighted by Gasteiger charge is -2.23. The number of aliphatic hydroxyl groups is 1. The second kappa shape index (κ2) is 13.2. The smallest absolute Gasteiger partial charge is 0.354 e. The van der Waals surface area contributed by atoms with Crippen LogP contribution in [0.5, 0.6) is 5.75 Å². The van der Waals surface area contributed by atoms with E-state index in [0.29, 0.717) is 12.2 Å². The summed E-state index contributed by atoms with van der Waals surface area (Å²) in [5.41, 5.74) is 1.20. The van der Waals surface area contributed by atoms with Crippen molar-refractivity contribution in [3.05, 3.63) is 83.2 Å². The van der Waals surface area contributed by atoms with Gasteiger partial charge in [0.25, 0.3) is 5.91 Å². The number of carboxylic acid groups (broad SMARTS) is 1. The van der Waals surface area contributed by atoms with Crippen LogP contribution in [-0.4, -0.2) is 63.7 Å². The minimum atomic E-state index is -1.62. The van der Waals surface area contributed by atoms with Crippen molar-refractivity contribution in [3.63, 3.8) is 0 Å². The molecule has 2 aromatic carbocycles. The first kappa shape index (κ1) is 27.4. The summed E-state index contributed by atoms with van der Waals surface area (Å²) in [6.07, 6.45) is -0.00730. The van der Waals surface area contributed by atoms with Gasteiger partial charge in [0, 0.05) is 6.07 Å². The molecule has 196 valence electrons. The Labute approximate surface area is 214 Å². The number of carbonyl (C=O) groups excluding carboxylic acids is 2. The first-order chi connectivity index (χ1) is 17.8. The Balaban J connectivity index is 1.81. The SMILES string of the molecule is CCCCOC(=O)[C@H](O)[C@@H](Cc1ccccc1)NC(=O)c1cc(C(=O)O)n(Cc2ccc(OC)cc2)n1. The van der Waals surface area contributed by atoms with Crippen molar-refractivity contribution >= 4 is 17.8 Å². The van der Waals surface area contributed by atoms with Crippen LogP contribution in [0, 0.1) is 0 Å². The number of ether oxygens (including phenoxy) is 2. The summed E-state index contributed by atoms with van der Waals surface area (Å²) < 4.78 is 11.5. The van der Waals surface area contributed by atoms with Gasteiger partial charge in [0.2, 0.25) is 0 Å². The van der Waals surface area contributed by atoms with E-state index in [4.69, 9.17) is 9.47 Å². The molecule has 3 N–H and O–H groups in total. The third-order valence-corrected chi connectivity index (χ3v) is 5.70. The van der Waals surface area contributed by atoms with E-state index in [0.717, 1.165) is 23.6 Å². The molecule has 10 nitrogen and oxygen atoms in total. The van der Waals surface area contributed by atoms with Crippen LogP contribution < -0.4 is 10.1 Å². The molecule has 0 unspecified atom stereocenters. The number of amides is 1. The predicted molar refractivity (Wildman–Crippen MR) is 135 cm³/mol. The van der Waals surface area contributed by atoms with Crippen LogP contribution in [0.4, 0.5) is 0 Å². The molecule has 0 saturated heterocycles. The number of aromatic carboxylic acids is 1. The fraction of sp³-hybridized carbons (Fsp3) is 0.333. The summed E-state index contributed by atoms with van der Waals surface area (Å²) in [4.78, 5) is 37.4. The van der Waals surface area contributed by atoms with Crippen molar-refractivity contribution in [3.8, 4) is 5.75 Å². The minimum Gasteiger partial charge on any atom is -0.497 e. The van der Waals surface area contributed by atoms with E-state index in [2.05, 4.69) is 10.4 Å². The first-order valence-electron chi connectivity index (χ1n) is 12.0. The standard InChI is InChI=1S/C27H31N3O7/c1-3-4-14-37-27(35)24(31)21(15-18-8-6-5-7-9-18)28-25(32)22-16-23(26(33)34)30(29-22)17-19-10-12-20(36-2)13-11-19/h5-13,16,21,24,31H,3-4,14-15,17H2,1-2H3,(H,28,32)(H,33,34)/t21-,24-/m1/s1. The number of rotatable bonds is 13. The van der Waals surface area contributed by atoms with E-state index in [1.165, 1.54) is 4.68 Å². The predicted octanol–water partition coefficient (Wildman–Crippen LogP) is 2.68. The molecule has 1 heterocycles. The number of esters is 1. The molecule has 0 bridgehead atoms. The van der Waals surface area contributed by atoms with Crippen molar-refractivity contribution in [2.45, 2.75) is 44.9 Å². The molecule has 10 heteroatoms. The number of hydrogen-bond acceptors (Lipinski definition) is 7. The monoisotopic (exact) mass is 509 g/mol. The molecule has 3 aromatic rings. The Bertz CT molecular complexity index is 1190. The molecule has 0 aliphatic heterocycles. The summed E-state index contributed by atoms with van der Waals surface area (Å²) in [5.74, 6) is -2.16. The van der Waals surface area contributed by atoms with E-state index >= 15 is 0 Å². The topological polar surface area (TPSA) is 140 Å². The number of unbranched alkanes of at least 4 members (excludes halogenated alkanes) is 1. The Morgan fingerprint density at radius 3 is 2.38 bits per heavy atom. The number of aliphatic hydroxyl groups excluding tert-OH is 1. The lowest BCUT2D eigenvalue weighted by atomic mass is 10.0. The van der Waals surface area contributed by atoms with Gasteiger partial charge in [0.05, 0.1) is 26.3 Å². The molecule has 3 rings (SSSR count). The summed E-state index contributed by atoms with van der Waals surface area (Å²) in [7, 11) is 1.54. The number of carboxylic acids is 1. The summed E-state index contributed by atoms with van der Waals surface area (Å²) in [6, 6.07) is 16.2. The number of benzene rings is 2. The Morgan fingerprint density at radius 2 is 1.76 bits per heavy atom. The van der Waals surface area contributed by atoms with Crippen LogP contribution >= 0.6 is 0 Å². The van der Waals surface area contributed by atoms with Crippen LogP contribution in [0.25, 0.3) is 0 Å². The highest BCUT2D eigenvalue weighted by Gasteiger charge is 2.30. The van der Waals surface area contributed by atoms with Crippen molar-refractivity contribution in [1.82, 2.24) is 15.1 Å². The molecular formula is C27H31N3O7. The van der Waals surface area contributed by atoms with E-state index in [1.54, 1.807) is 55.6 Å². The number of carbonyl (C=O) groups is 3. The highest BCUT2D eigenvalue weighted by Crippen LogP contribution is 2.15. The molecule has 1 aromatic heterocycles. The zero-order chi connectivity index (χ0) is 26.8. The van der Waals surface area contributed by atoms with Crippen molar-refractivity contribution in [1.29, 1.82) is 0 Å². The van der Waals surface area contributed by atoms with Gasteiger partial charge < -0.3 is 25.0 Å². The first-order valence-corrected chi connectivity index (χ1v) is 12.0. The van der Waals surface area contributed by atoms with Crippen molar-refractivity contribution in [2.75, 3.05) is 13.7 Å². The molecular weight excluding hydrogens is 478 g/mol. The molecule has 1 amide bonds. The van der Waals surface area contributed by atoms with Crippen LogP contribution in [0.2, 0.25) is 0 Å². The second-order valence-electron chi connectivity index (χ2n) is 8.46. The second-order valence-corrected chi connectivity index (χ2v) is 8.46. The van der Waals surface area contributed by atoms with Crippen LogP contribution in [0.1, 0.15) is 51.9 Å². The largest absolute Gasteiger partial charge is 0.497 e. The van der Waals surface area contributed by atoms with Gasteiger partial charge in [-0.3, -0.25) is 9.48 Å². The number of aromatic nitrogens is 2. The van der Waals surface area contributed by atoms with Gasteiger partial charge in [-0.25, -0.2) is 9.59 Å². The molecule has 0 spiro atoms. The number of nitrogens with zero attached hydrogens (tertiary/aromatic N) is 2. The molecule has 37 heavy (non-hydrogen) atoms. The van der Waals surface area contributed by atoms with Gasteiger partial charge in [-0.05, 0) is 36.1 Å². The van der Waals surface area contributed by atoms with Crippen molar-refractivity contribution in [2.24, 2.45) is 0 Å². The van der Waals surface area contributed by atoms with Crippen LogP contribution in [0.15, 0.2) is 60.7 Å². The van der Waals surface area contributed by atoms with Gasteiger partial charge in [-0.1, -0.05) is 55.8 Å². The van der Waals surface area contributed by atoms with Gasteiger partial charge in [0.1, 0.15) is 11.4 Å². The fourth-order valence-corrected chi connectivity index (χ4v) is 3.64. The van der Waals surface area contributed by atoms with Gasteiger partial charge in [0.15, 0.2) is 11.8 Å². The lowest BCUT2D eigenvalue weighted by Crippen LogP contribution is -2.49. The lowest BCUT2D eigenvalue weighted by molar-refractivity contribution is -0.155. The minimum absolute atomic E-state index is 0.110. The highest BCUT2D eigenvalue weighted by atomic mass is 16.5. The maximum atomic E-state index is 13.1. The van der Waals surface area contributed by atoms with E-state index in [1.807, 2.05) is 13.0 Å². The molecule has 0 aliphatic carbocycles. The van der Waals surface area contributed by atoms with E-state index in [9.17, 15) is 24.6 Å². The maximum absolute atomic E-state index is 13.1. The summed E-state index contributed by atoms with van der Waals surface area (Å²) in [6.45, 7) is 2.22. The average Bonchev–Trinajstić information content (AvgIpc) is 3.33. The van der Waals surface area contributed by atoms with Crippen molar-refractivity contribution < 1.29 is 34.1 Å². The quantitative estimate of drug-likeness (QED) is 0.236. The van der Waals surface area contributed by atoms with Crippen LogP contribution in [-0.2, 0) is 22.5 Å². The number of hydrogen-bond donors (Lipinski definition) is 3. The fourth-order valence-electron chi connectivity index (χ4n) is 3.64. The van der Waals surface area contributed by atoms with Gasteiger partial charge in [-0.15, -0.1) is 0 Å². The molecule has 0 aliphatic rings. The normalized spacial score (nSPS) is 12.4. The zero-order valence-corrected chi connectivity index (χ0v) is 20.8. The van der Waals surface area contributed by atoms with Gasteiger partial charge >= 0.3 is 11.9 Å². The maximum Gasteiger partial charge on any atom is 0.354 e. The Morgan fingerprint density at radius 1 is 1.05 bits per heavy atom. The van der Waals surface area contributed by atoms with E-state index in [-0.39, 0.29) is 31.0 Å². The molecule has 0 radical (unpaired) electrons. The Hall–Kier alpha value is -4.18. The average molecular weight is 510 g/mol. The third kappa shape index (κ3) is 7.65. The highest BCUT2D eigenvalue weighted by molar-refractivity contribution is 5.96. The molecule has 2 atom stereocenters. The Kier molecular flexibility index (Phi) is 9.79. The molecule has 0 saturated carbocycles. The zero-order valence-electron chi connectivity index (χ0n) is 20.8. The van der Waals surface area contributed by atoms with E-state index < -0.39 is 30.0 Å². The van der Waals surface area contributed by atoms with Gasteiger partial charge in [-0.2, -0.15) is 5.10 Å². The number of nitrogens with one attached hydrogen (secondary N) is 1. The third-order valence-electron chi connectivity index (χ3n) is 5.70. The molecule has 0 fully saturated rings. The number of methoxy groups -OCH3 is 1. The summed E-state index contributed by atoms with van der Waals surface area (Å²) >= 11 is 0. The van der Waals surface area contributed by atoms with Crippen LogP contribution in [0.3, 0.4) is 0 Å².